The van der Waals surface area contributed by atoms with Crippen LogP contribution in [0.3, 0.4) is 0 Å². The Bertz CT molecular complexity index is 915. The molecule has 3 aromatic rings. The summed E-state index contributed by atoms with van der Waals surface area (Å²) in [6.45, 7) is 0.328. The molecule has 2 heterocycles. The Balaban J connectivity index is 1.47. The number of thiazole rings is 1. The van der Waals surface area contributed by atoms with Crippen molar-refractivity contribution in [3.8, 4) is 10.6 Å². The molecule has 0 saturated carbocycles. The molecule has 3 rings (SSSR count). The number of esters is 1. The summed E-state index contributed by atoms with van der Waals surface area (Å²) in [7, 11) is 0. The maximum atomic E-state index is 12.6. The molecule has 0 aliphatic carbocycles. The molecular weight excluding hydrogens is 393 g/mol. The van der Waals surface area contributed by atoms with Crippen molar-refractivity contribution in [2.75, 3.05) is 11.9 Å². The topological polar surface area (TPSA) is 77.0 Å². The number of carbonyl (C=O) groups is 1. The van der Waals surface area contributed by atoms with Gasteiger partial charge in [0.1, 0.15) is 11.6 Å². The van der Waals surface area contributed by atoms with E-state index in [1.54, 1.807) is 23.8 Å². The zero-order chi connectivity index (χ0) is 20.0. The number of aromatic nitrogens is 3. The first kappa shape index (κ1) is 19.7. The Morgan fingerprint density at radius 1 is 1.14 bits per heavy atom. The van der Waals surface area contributed by atoms with Crippen LogP contribution in [0.1, 0.15) is 17.7 Å². The lowest BCUT2D eigenvalue weighted by atomic mass is 10.1. The van der Waals surface area contributed by atoms with Gasteiger partial charge in [0.25, 0.3) is 0 Å². The van der Waals surface area contributed by atoms with Crippen LogP contribution in [0.2, 0.25) is 0 Å². The first-order chi connectivity index (χ1) is 13.4. The van der Waals surface area contributed by atoms with Crippen LogP contribution >= 0.6 is 11.3 Å². The second-order valence-corrected chi connectivity index (χ2v) is 6.49. The van der Waals surface area contributed by atoms with Gasteiger partial charge in [0, 0.05) is 29.9 Å². The number of carbonyl (C=O) groups excluding carboxylic acids is 1. The molecule has 0 radical (unpaired) electrons. The number of halogens is 3. The van der Waals surface area contributed by atoms with Crippen molar-refractivity contribution >= 4 is 23.3 Å². The minimum absolute atomic E-state index is 0.00218. The van der Waals surface area contributed by atoms with E-state index in [0.29, 0.717) is 28.8 Å². The smallest absolute Gasteiger partial charge is 0.416 e. The molecule has 0 unspecified atom stereocenters. The molecule has 0 aliphatic heterocycles. The third-order valence-electron chi connectivity index (χ3n) is 3.57. The van der Waals surface area contributed by atoms with Crippen molar-refractivity contribution in [3.05, 3.63) is 59.4 Å². The van der Waals surface area contributed by atoms with Crippen molar-refractivity contribution < 1.29 is 22.7 Å². The Morgan fingerprint density at radius 2 is 1.86 bits per heavy atom. The van der Waals surface area contributed by atoms with Gasteiger partial charge in [0.15, 0.2) is 0 Å². The third-order valence-corrected chi connectivity index (χ3v) is 4.51. The van der Waals surface area contributed by atoms with E-state index in [2.05, 4.69) is 20.3 Å². The Morgan fingerprint density at radius 3 is 2.54 bits per heavy atom. The fraction of sp³-hybridized carbons (Fsp3) is 0.222. The average molecular weight is 408 g/mol. The van der Waals surface area contributed by atoms with E-state index in [0.717, 1.165) is 12.1 Å². The lowest BCUT2D eigenvalue weighted by Crippen LogP contribution is -2.12. The second-order valence-electron chi connectivity index (χ2n) is 5.63. The number of rotatable bonds is 7. The van der Waals surface area contributed by atoms with Crippen LogP contribution in [0, 0.1) is 0 Å². The van der Waals surface area contributed by atoms with Crippen LogP contribution in [0.15, 0.2) is 48.1 Å². The fourth-order valence-corrected chi connectivity index (χ4v) is 3.01. The fourth-order valence-electron chi connectivity index (χ4n) is 2.20. The van der Waals surface area contributed by atoms with Gasteiger partial charge in [-0.2, -0.15) is 13.2 Å². The van der Waals surface area contributed by atoms with Crippen LogP contribution in [0.4, 0.5) is 19.1 Å². The number of alkyl halides is 3. The molecule has 0 amide bonds. The molecule has 0 aliphatic rings. The number of anilines is 1. The van der Waals surface area contributed by atoms with Crippen LogP contribution < -0.4 is 5.32 Å². The minimum Gasteiger partial charge on any atom is -0.459 e. The van der Waals surface area contributed by atoms with E-state index in [4.69, 9.17) is 4.74 Å². The molecule has 2 aromatic heterocycles. The van der Waals surface area contributed by atoms with Gasteiger partial charge in [0.2, 0.25) is 5.95 Å². The van der Waals surface area contributed by atoms with Crippen LogP contribution in [-0.2, 0) is 22.3 Å². The van der Waals surface area contributed by atoms with Gasteiger partial charge in [-0.15, -0.1) is 11.3 Å². The Kier molecular flexibility index (Phi) is 6.19. The summed E-state index contributed by atoms with van der Waals surface area (Å²) in [4.78, 5) is 24.0. The standard InChI is InChI=1S/C18H15F3N4O2S/c19-18(20,21)13-4-2-12(3-5-13)16-25-14(11-28-16)10-27-15(26)6-9-24-17-22-7-1-8-23-17/h1-5,7-8,11H,6,9-10H2,(H,22,23,24). The lowest BCUT2D eigenvalue weighted by Gasteiger charge is -2.06. The molecule has 28 heavy (non-hydrogen) atoms. The maximum Gasteiger partial charge on any atom is 0.416 e. The zero-order valence-electron chi connectivity index (χ0n) is 14.4. The highest BCUT2D eigenvalue weighted by Crippen LogP contribution is 2.31. The monoisotopic (exact) mass is 408 g/mol. The number of hydrogen-bond acceptors (Lipinski definition) is 7. The highest BCUT2D eigenvalue weighted by Gasteiger charge is 2.30. The van der Waals surface area contributed by atoms with E-state index in [1.807, 2.05) is 0 Å². The molecular formula is C18H15F3N4O2S. The average Bonchev–Trinajstić information content (AvgIpc) is 3.16. The van der Waals surface area contributed by atoms with Crippen molar-refractivity contribution in [1.82, 2.24) is 15.0 Å². The van der Waals surface area contributed by atoms with Gasteiger partial charge in [0.05, 0.1) is 17.7 Å². The lowest BCUT2D eigenvalue weighted by molar-refractivity contribution is -0.144. The Hall–Kier alpha value is -3.01. The van der Waals surface area contributed by atoms with Gasteiger partial charge < -0.3 is 10.1 Å². The van der Waals surface area contributed by atoms with Crippen LogP contribution in [0.25, 0.3) is 10.6 Å². The summed E-state index contributed by atoms with van der Waals surface area (Å²) < 4.78 is 43.0. The zero-order valence-corrected chi connectivity index (χ0v) is 15.3. The van der Waals surface area contributed by atoms with Gasteiger partial charge in [-0.25, -0.2) is 15.0 Å². The van der Waals surface area contributed by atoms with Gasteiger partial charge >= 0.3 is 12.1 Å². The molecule has 1 N–H and O–H groups in total. The number of nitrogens with zero attached hydrogens (tertiary/aromatic N) is 3. The quantitative estimate of drug-likeness (QED) is 0.592. The molecule has 10 heteroatoms. The number of benzene rings is 1. The molecule has 146 valence electrons. The van der Waals surface area contributed by atoms with E-state index in [9.17, 15) is 18.0 Å². The highest BCUT2D eigenvalue weighted by molar-refractivity contribution is 7.13. The number of nitrogens with one attached hydrogen (secondary N) is 1. The molecule has 0 bridgehead atoms. The summed E-state index contributed by atoms with van der Waals surface area (Å²) in [5.74, 6) is 0.0171. The molecule has 6 nitrogen and oxygen atoms in total. The minimum atomic E-state index is -4.37. The Labute approximate surface area is 162 Å². The highest BCUT2D eigenvalue weighted by atomic mass is 32.1. The van der Waals surface area contributed by atoms with Crippen molar-refractivity contribution in [2.24, 2.45) is 0 Å². The maximum absolute atomic E-state index is 12.6. The van der Waals surface area contributed by atoms with E-state index in [1.165, 1.54) is 23.5 Å². The normalized spacial score (nSPS) is 11.2. The van der Waals surface area contributed by atoms with Crippen molar-refractivity contribution in [1.29, 1.82) is 0 Å². The third kappa shape index (κ3) is 5.49. The van der Waals surface area contributed by atoms with Crippen LogP contribution in [-0.4, -0.2) is 27.5 Å². The molecule has 0 spiro atoms. The summed E-state index contributed by atoms with van der Waals surface area (Å²) in [5, 5.41) is 5.16. The summed E-state index contributed by atoms with van der Waals surface area (Å²) >= 11 is 1.27. The predicted molar refractivity (Wildman–Crippen MR) is 97.5 cm³/mol. The summed E-state index contributed by atoms with van der Waals surface area (Å²) in [5.41, 5.74) is 0.395. The SMILES string of the molecule is O=C(CCNc1ncccn1)OCc1csc(-c2ccc(C(F)(F)F)cc2)n1. The first-order valence-corrected chi connectivity index (χ1v) is 9.08. The van der Waals surface area contributed by atoms with E-state index < -0.39 is 17.7 Å². The number of hydrogen-bond donors (Lipinski definition) is 1. The molecule has 1 aromatic carbocycles. The molecule has 0 fully saturated rings. The molecule has 0 saturated heterocycles. The summed E-state index contributed by atoms with van der Waals surface area (Å²) in [6.07, 6.45) is -1.06. The molecule has 0 atom stereocenters. The van der Waals surface area contributed by atoms with Crippen LogP contribution in [0.5, 0.6) is 0 Å². The van der Waals surface area contributed by atoms with E-state index >= 15 is 0 Å². The predicted octanol–water partition coefficient (Wildman–Crippen LogP) is 4.16. The van der Waals surface area contributed by atoms with E-state index in [-0.39, 0.29) is 13.0 Å². The second kappa shape index (κ2) is 8.79. The van der Waals surface area contributed by atoms with Crippen molar-refractivity contribution in [2.45, 2.75) is 19.2 Å². The summed E-state index contributed by atoms with van der Waals surface area (Å²) in [6, 6.07) is 6.45. The first-order valence-electron chi connectivity index (χ1n) is 8.20. The van der Waals surface area contributed by atoms with Gasteiger partial charge in [-0.3, -0.25) is 4.79 Å². The van der Waals surface area contributed by atoms with Crippen molar-refractivity contribution in [3.63, 3.8) is 0 Å². The van der Waals surface area contributed by atoms with Gasteiger partial charge in [-0.05, 0) is 18.2 Å². The largest absolute Gasteiger partial charge is 0.459 e. The van der Waals surface area contributed by atoms with Gasteiger partial charge in [-0.1, -0.05) is 12.1 Å². The number of ether oxygens (including phenoxy) is 1.